The molecule has 16 heavy (non-hydrogen) atoms. The van der Waals surface area contributed by atoms with Gasteiger partial charge in [0.25, 0.3) is 5.56 Å². The van der Waals surface area contributed by atoms with E-state index in [1.165, 1.54) is 18.0 Å². The Bertz CT molecular complexity index is 657. The van der Waals surface area contributed by atoms with Crippen LogP contribution in [0.1, 0.15) is 5.56 Å². The van der Waals surface area contributed by atoms with Gasteiger partial charge in [0.1, 0.15) is 11.8 Å². The number of aromatic hydroxyl groups is 1. The molecule has 0 saturated heterocycles. The van der Waals surface area contributed by atoms with Crippen molar-refractivity contribution in [2.75, 3.05) is 6.26 Å². The van der Waals surface area contributed by atoms with Gasteiger partial charge in [-0.1, -0.05) is 0 Å². The van der Waals surface area contributed by atoms with E-state index in [1.807, 2.05) is 6.26 Å². The first-order valence-electron chi connectivity index (χ1n) is 4.36. The maximum absolute atomic E-state index is 11.4. The Hall–Kier alpha value is -2.00. The molecule has 0 fully saturated rings. The van der Waals surface area contributed by atoms with Gasteiger partial charge < -0.3 is 10.1 Å². The summed E-state index contributed by atoms with van der Waals surface area (Å²) in [7, 11) is 0. The minimum atomic E-state index is -0.605. The number of nitriles is 1. The third-order valence-corrected chi connectivity index (χ3v) is 2.81. The van der Waals surface area contributed by atoms with Crippen LogP contribution in [-0.2, 0) is 0 Å². The zero-order valence-corrected chi connectivity index (χ0v) is 9.13. The summed E-state index contributed by atoms with van der Waals surface area (Å²) in [6.07, 6.45) is 3.31. The van der Waals surface area contributed by atoms with Gasteiger partial charge in [0.2, 0.25) is 0 Å². The van der Waals surface area contributed by atoms with E-state index in [2.05, 4.69) is 9.97 Å². The minimum Gasteiger partial charge on any atom is -0.506 e. The number of rotatable bonds is 1. The fourth-order valence-corrected chi connectivity index (χ4v) is 1.77. The summed E-state index contributed by atoms with van der Waals surface area (Å²) in [6, 6.07) is 3.30. The summed E-state index contributed by atoms with van der Waals surface area (Å²) in [5.41, 5.74) is -0.462. The molecule has 0 amide bonds. The van der Waals surface area contributed by atoms with Crippen LogP contribution >= 0.6 is 11.8 Å². The maximum Gasteiger partial charge on any atom is 0.270 e. The molecular formula is C10H7N3O2S. The normalized spacial score (nSPS) is 10.2. The van der Waals surface area contributed by atoms with Crippen molar-refractivity contribution in [2.45, 2.75) is 5.03 Å². The minimum absolute atomic E-state index is 0.272. The third-order valence-electron chi connectivity index (χ3n) is 2.17. The van der Waals surface area contributed by atoms with Crippen LogP contribution < -0.4 is 5.56 Å². The lowest BCUT2D eigenvalue weighted by Crippen LogP contribution is -2.10. The SMILES string of the molecule is CSc1cc2c(O)c(C#N)c(=O)[nH]c2cn1. The van der Waals surface area contributed by atoms with Gasteiger partial charge in [-0.05, 0) is 12.3 Å². The third kappa shape index (κ3) is 1.51. The molecule has 2 aromatic rings. The fraction of sp³-hybridized carbons (Fsp3) is 0.100. The number of aromatic amines is 1. The molecule has 0 unspecified atom stereocenters. The lowest BCUT2D eigenvalue weighted by molar-refractivity contribution is 0.478. The molecule has 0 aliphatic heterocycles. The molecule has 6 heteroatoms. The molecule has 2 N–H and O–H groups in total. The Morgan fingerprint density at radius 2 is 2.38 bits per heavy atom. The lowest BCUT2D eigenvalue weighted by Gasteiger charge is -2.03. The zero-order valence-electron chi connectivity index (χ0n) is 8.31. The molecule has 0 saturated carbocycles. The van der Waals surface area contributed by atoms with Crippen LogP contribution in [0.2, 0.25) is 0 Å². The second-order valence-corrected chi connectivity index (χ2v) is 3.89. The molecule has 0 aromatic carbocycles. The molecule has 2 aromatic heterocycles. The van der Waals surface area contributed by atoms with E-state index < -0.39 is 5.56 Å². The smallest absolute Gasteiger partial charge is 0.270 e. The first-order valence-corrected chi connectivity index (χ1v) is 5.59. The quantitative estimate of drug-likeness (QED) is 0.723. The van der Waals surface area contributed by atoms with Crippen molar-refractivity contribution in [3.8, 4) is 11.8 Å². The molecule has 5 nitrogen and oxygen atoms in total. The van der Waals surface area contributed by atoms with Crippen LogP contribution in [0.15, 0.2) is 22.1 Å². The van der Waals surface area contributed by atoms with E-state index >= 15 is 0 Å². The van der Waals surface area contributed by atoms with Gasteiger partial charge in [-0.25, -0.2) is 4.98 Å². The van der Waals surface area contributed by atoms with Crippen LogP contribution in [0.3, 0.4) is 0 Å². The number of hydrogen-bond donors (Lipinski definition) is 2. The fourth-order valence-electron chi connectivity index (χ4n) is 1.37. The van der Waals surface area contributed by atoms with Crippen molar-refractivity contribution in [3.05, 3.63) is 28.2 Å². The average molecular weight is 233 g/mol. The number of nitrogens with one attached hydrogen (secondary N) is 1. The Kier molecular flexibility index (Phi) is 2.54. The Balaban J connectivity index is 2.90. The Morgan fingerprint density at radius 1 is 1.62 bits per heavy atom. The molecule has 0 bridgehead atoms. The number of hydrogen-bond acceptors (Lipinski definition) is 5. The number of pyridine rings is 2. The number of thioether (sulfide) groups is 1. The summed E-state index contributed by atoms with van der Waals surface area (Å²) in [5.74, 6) is -0.293. The van der Waals surface area contributed by atoms with Gasteiger partial charge in [0.05, 0.1) is 16.7 Å². The van der Waals surface area contributed by atoms with Gasteiger partial charge in [0, 0.05) is 5.39 Å². The largest absolute Gasteiger partial charge is 0.506 e. The van der Waals surface area contributed by atoms with Crippen LogP contribution in [0.25, 0.3) is 10.9 Å². The highest BCUT2D eigenvalue weighted by molar-refractivity contribution is 7.98. The number of nitrogens with zero attached hydrogens (tertiary/aromatic N) is 2. The predicted molar refractivity (Wildman–Crippen MR) is 60.5 cm³/mol. The summed E-state index contributed by atoms with van der Waals surface area (Å²) >= 11 is 1.41. The van der Waals surface area contributed by atoms with Gasteiger partial charge >= 0.3 is 0 Å². The number of H-pyrrole nitrogens is 1. The summed E-state index contributed by atoms with van der Waals surface area (Å²) < 4.78 is 0. The lowest BCUT2D eigenvalue weighted by atomic mass is 10.2. The van der Waals surface area contributed by atoms with E-state index in [-0.39, 0.29) is 11.3 Å². The van der Waals surface area contributed by atoms with Crippen molar-refractivity contribution in [2.24, 2.45) is 0 Å². The number of aromatic nitrogens is 2. The van der Waals surface area contributed by atoms with Crippen molar-refractivity contribution in [1.82, 2.24) is 9.97 Å². The molecule has 0 aliphatic carbocycles. The molecule has 0 radical (unpaired) electrons. The molecule has 0 spiro atoms. The molecule has 0 atom stereocenters. The van der Waals surface area contributed by atoms with Crippen molar-refractivity contribution in [1.29, 1.82) is 5.26 Å². The summed E-state index contributed by atoms with van der Waals surface area (Å²) in [6.45, 7) is 0. The summed E-state index contributed by atoms with van der Waals surface area (Å²) in [5, 5.41) is 19.6. The maximum atomic E-state index is 11.4. The Morgan fingerprint density at radius 3 is 3.00 bits per heavy atom. The van der Waals surface area contributed by atoms with E-state index in [1.54, 1.807) is 12.1 Å². The number of fused-ring (bicyclic) bond motifs is 1. The van der Waals surface area contributed by atoms with Crippen molar-refractivity contribution >= 4 is 22.7 Å². The second kappa shape index (κ2) is 3.87. The topological polar surface area (TPSA) is 89.8 Å². The second-order valence-electron chi connectivity index (χ2n) is 3.06. The first kappa shape index (κ1) is 10.5. The van der Waals surface area contributed by atoms with Gasteiger partial charge in [-0.3, -0.25) is 4.79 Å². The van der Waals surface area contributed by atoms with Gasteiger partial charge in [-0.15, -0.1) is 11.8 Å². The van der Waals surface area contributed by atoms with Crippen molar-refractivity contribution < 1.29 is 5.11 Å². The molecular weight excluding hydrogens is 226 g/mol. The molecule has 2 heterocycles. The van der Waals surface area contributed by atoms with E-state index in [0.717, 1.165) is 0 Å². The van der Waals surface area contributed by atoms with Crippen LogP contribution in [0.4, 0.5) is 0 Å². The highest BCUT2D eigenvalue weighted by atomic mass is 32.2. The van der Waals surface area contributed by atoms with E-state index in [4.69, 9.17) is 5.26 Å². The average Bonchev–Trinajstić information content (AvgIpc) is 2.29. The highest BCUT2D eigenvalue weighted by Crippen LogP contribution is 2.26. The van der Waals surface area contributed by atoms with E-state index in [0.29, 0.717) is 15.9 Å². The predicted octanol–water partition coefficient (Wildman–Crippen LogP) is 1.22. The first-order chi connectivity index (χ1) is 7.67. The zero-order chi connectivity index (χ0) is 11.7. The monoisotopic (exact) mass is 233 g/mol. The molecule has 0 aliphatic rings. The van der Waals surface area contributed by atoms with E-state index in [9.17, 15) is 9.90 Å². The van der Waals surface area contributed by atoms with Crippen LogP contribution in [0, 0.1) is 11.3 Å². The van der Waals surface area contributed by atoms with Crippen LogP contribution in [-0.4, -0.2) is 21.3 Å². The Labute approximate surface area is 94.8 Å². The highest BCUT2D eigenvalue weighted by Gasteiger charge is 2.11. The summed E-state index contributed by atoms with van der Waals surface area (Å²) in [4.78, 5) is 17.9. The van der Waals surface area contributed by atoms with Gasteiger partial charge in [0.15, 0.2) is 5.56 Å². The molecule has 2 rings (SSSR count). The van der Waals surface area contributed by atoms with Crippen molar-refractivity contribution in [3.63, 3.8) is 0 Å². The molecule has 80 valence electrons. The van der Waals surface area contributed by atoms with Gasteiger partial charge in [-0.2, -0.15) is 5.26 Å². The van der Waals surface area contributed by atoms with Crippen LogP contribution in [0.5, 0.6) is 5.75 Å². The standard InChI is InChI=1S/C10H7N3O2S/c1-16-8-2-5-7(4-12-8)13-10(15)6(3-11)9(5)14/h2,4H,1H3,(H2,13,14,15).